The molecule has 0 N–H and O–H groups in total. The summed E-state index contributed by atoms with van der Waals surface area (Å²) < 4.78 is 7.09. The largest absolute Gasteiger partial charge is 0.285 e. The fourth-order valence-corrected chi connectivity index (χ4v) is 4.97. The topological polar surface area (TPSA) is 53.9 Å². The zero-order valence-corrected chi connectivity index (χ0v) is 21.6. The number of aromatic nitrogens is 4. The standard InChI is InChI=1S/C29H28N4O2.ClH/c1-20-25(28(34)32(30(20)3)23-16-10-6-11-17-23)27(22-14-8-5-9-15-22)26-21(2)31(4)33(29(26)35)24-18-12-7-13-19-24;/h5-19,27H,1-4H3;1H. The molecule has 2 heterocycles. The third-order valence-electron chi connectivity index (χ3n) is 6.91. The highest BCUT2D eigenvalue weighted by molar-refractivity contribution is 5.85. The third-order valence-corrected chi connectivity index (χ3v) is 6.91. The molecule has 0 atom stereocenters. The molecule has 0 aliphatic rings. The van der Waals surface area contributed by atoms with E-state index in [1.165, 1.54) is 0 Å². The van der Waals surface area contributed by atoms with Crippen molar-refractivity contribution >= 4 is 12.4 Å². The molecular weight excluding hydrogens is 472 g/mol. The van der Waals surface area contributed by atoms with Gasteiger partial charge in [0.25, 0.3) is 11.1 Å². The van der Waals surface area contributed by atoms with Crippen LogP contribution in [0, 0.1) is 13.8 Å². The number of benzene rings is 3. The van der Waals surface area contributed by atoms with Crippen LogP contribution in [0.1, 0.15) is 34.0 Å². The number of para-hydroxylation sites is 2. The minimum Gasteiger partial charge on any atom is -0.285 e. The Labute approximate surface area is 216 Å². The predicted molar refractivity (Wildman–Crippen MR) is 146 cm³/mol. The van der Waals surface area contributed by atoms with Crippen molar-refractivity contribution in [1.82, 2.24) is 18.7 Å². The van der Waals surface area contributed by atoms with Crippen LogP contribution in [0.4, 0.5) is 0 Å². The van der Waals surface area contributed by atoms with Gasteiger partial charge in [-0.2, -0.15) is 0 Å². The molecule has 0 fully saturated rings. The third kappa shape index (κ3) is 3.93. The molecule has 0 unspecified atom stereocenters. The SMILES string of the molecule is Cc1c(C(c2ccccc2)c2c(C)n(C)n(-c3ccccc3)c2=O)c(=O)n(-c2ccccc2)n1C.Cl. The van der Waals surface area contributed by atoms with E-state index in [4.69, 9.17) is 0 Å². The highest BCUT2D eigenvalue weighted by Crippen LogP contribution is 2.33. The molecule has 0 aliphatic heterocycles. The molecule has 6 nitrogen and oxygen atoms in total. The summed E-state index contributed by atoms with van der Waals surface area (Å²) >= 11 is 0. The van der Waals surface area contributed by atoms with Crippen molar-refractivity contribution in [2.24, 2.45) is 14.1 Å². The lowest BCUT2D eigenvalue weighted by Gasteiger charge is -2.16. The van der Waals surface area contributed by atoms with Crippen LogP contribution in [0.15, 0.2) is 101 Å². The Morgan fingerprint density at radius 3 is 1.25 bits per heavy atom. The second kappa shape index (κ2) is 9.91. The van der Waals surface area contributed by atoms with E-state index in [1.54, 1.807) is 9.36 Å². The summed E-state index contributed by atoms with van der Waals surface area (Å²) in [6.45, 7) is 3.89. The van der Waals surface area contributed by atoms with Crippen LogP contribution in [-0.4, -0.2) is 18.7 Å². The number of nitrogens with zero attached hydrogens (tertiary/aromatic N) is 4. The lowest BCUT2D eigenvalue weighted by atomic mass is 9.85. The lowest BCUT2D eigenvalue weighted by molar-refractivity contribution is 0.630. The molecule has 0 spiro atoms. The molecule has 2 aromatic heterocycles. The van der Waals surface area contributed by atoms with Crippen molar-refractivity contribution in [3.8, 4) is 11.4 Å². The van der Waals surface area contributed by atoms with Crippen molar-refractivity contribution < 1.29 is 0 Å². The van der Waals surface area contributed by atoms with Gasteiger partial charge in [0.15, 0.2) is 0 Å². The van der Waals surface area contributed by atoms with E-state index < -0.39 is 5.92 Å². The summed E-state index contributed by atoms with van der Waals surface area (Å²) in [5.74, 6) is -0.511. The molecule has 0 saturated carbocycles. The van der Waals surface area contributed by atoms with Gasteiger partial charge in [-0.25, -0.2) is 9.36 Å². The Bertz CT molecular complexity index is 1510. The maximum Gasteiger partial charge on any atom is 0.275 e. The van der Waals surface area contributed by atoms with Crippen molar-refractivity contribution in [2.45, 2.75) is 19.8 Å². The van der Waals surface area contributed by atoms with E-state index in [0.717, 1.165) is 28.3 Å². The molecule has 0 aliphatic carbocycles. The van der Waals surface area contributed by atoms with Gasteiger partial charge in [0.2, 0.25) is 0 Å². The summed E-state index contributed by atoms with van der Waals surface area (Å²) in [6, 6.07) is 29.0. The van der Waals surface area contributed by atoms with Crippen molar-refractivity contribution in [2.75, 3.05) is 0 Å². The van der Waals surface area contributed by atoms with Crippen LogP contribution in [0.5, 0.6) is 0 Å². The van der Waals surface area contributed by atoms with Crippen LogP contribution >= 0.6 is 12.4 Å². The van der Waals surface area contributed by atoms with E-state index in [2.05, 4.69) is 0 Å². The number of rotatable bonds is 5. The van der Waals surface area contributed by atoms with E-state index in [0.29, 0.717) is 11.1 Å². The lowest BCUT2D eigenvalue weighted by Crippen LogP contribution is -2.26. The summed E-state index contributed by atoms with van der Waals surface area (Å²) in [4.78, 5) is 28.0. The van der Waals surface area contributed by atoms with E-state index in [-0.39, 0.29) is 23.5 Å². The average molecular weight is 501 g/mol. The molecule has 0 amide bonds. The maximum atomic E-state index is 14.0. The zero-order valence-electron chi connectivity index (χ0n) is 20.8. The van der Waals surface area contributed by atoms with E-state index in [9.17, 15) is 9.59 Å². The minimum atomic E-state index is -0.511. The first-order chi connectivity index (χ1) is 16.9. The molecular formula is C29H29ClN4O2. The Morgan fingerprint density at radius 1 is 0.556 bits per heavy atom. The second-order valence-corrected chi connectivity index (χ2v) is 8.79. The minimum absolute atomic E-state index is 0. The van der Waals surface area contributed by atoms with Gasteiger partial charge >= 0.3 is 0 Å². The molecule has 36 heavy (non-hydrogen) atoms. The number of halogens is 1. The normalized spacial score (nSPS) is 11.0. The van der Waals surface area contributed by atoms with Crippen LogP contribution in [0.2, 0.25) is 0 Å². The van der Waals surface area contributed by atoms with E-state index >= 15 is 0 Å². The monoisotopic (exact) mass is 500 g/mol. The highest BCUT2D eigenvalue weighted by atomic mass is 35.5. The predicted octanol–water partition coefficient (Wildman–Crippen LogP) is 4.88. The summed E-state index contributed by atoms with van der Waals surface area (Å²) in [5, 5.41) is 0. The van der Waals surface area contributed by atoms with Gasteiger partial charge in [0, 0.05) is 31.4 Å². The number of hydrogen-bond acceptors (Lipinski definition) is 2. The Balaban J connectivity index is 0.00000304. The average Bonchev–Trinajstić information content (AvgIpc) is 3.24. The molecule has 5 rings (SSSR count). The first-order valence-corrected chi connectivity index (χ1v) is 11.6. The Kier molecular flexibility index (Phi) is 6.91. The van der Waals surface area contributed by atoms with Gasteiger partial charge in [0.1, 0.15) is 0 Å². The van der Waals surface area contributed by atoms with Crippen LogP contribution in [0.3, 0.4) is 0 Å². The Hall–Kier alpha value is -4.03. The smallest absolute Gasteiger partial charge is 0.275 e. The van der Waals surface area contributed by atoms with Crippen LogP contribution in [-0.2, 0) is 14.1 Å². The molecule has 5 aromatic rings. The fraction of sp³-hybridized carbons (Fsp3) is 0.172. The zero-order chi connectivity index (χ0) is 24.7. The molecule has 0 radical (unpaired) electrons. The summed E-state index contributed by atoms with van der Waals surface area (Å²) in [6.07, 6.45) is 0. The molecule has 7 heteroatoms. The van der Waals surface area contributed by atoms with Gasteiger partial charge in [0.05, 0.1) is 22.5 Å². The fourth-order valence-electron chi connectivity index (χ4n) is 4.97. The van der Waals surface area contributed by atoms with Crippen molar-refractivity contribution in [3.63, 3.8) is 0 Å². The van der Waals surface area contributed by atoms with Crippen LogP contribution in [0.25, 0.3) is 11.4 Å². The van der Waals surface area contributed by atoms with Gasteiger partial charge in [-0.3, -0.25) is 19.0 Å². The van der Waals surface area contributed by atoms with Crippen molar-refractivity contribution in [1.29, 1.82) is 0 Å². The molecule has 0 saturated heterocycles. The van der Waals surface area contributed by atoms with E-state index in [1.807, 2.05) is 128 Å². The van der Waals surface area contributed by atoms with Crippen LogP contribution < -0.4 is 11.1 Å². The highest BCUT2D eigenvalue weighted by Gasteiger charge is 2.32. The molecule has 184 valence electrons. The second-order valence-electron chi connectivity index (χ2n) is 8.79. The quantitative estimate of drug-likeness (QED) is 0.345. The molecule has 0 bridgehead atoms. The Morgan fingerprint density at radius 2 is 0.889 bits per heavy atom. The van der Waals surface area contributed by atoms with Gasteiger partial charge < -0.3 is 0 Å². The van der Waals surface area contributed by atoms with Gasteiger partial charge in [-0.05, 0) is 43.7 Å². The summed E-state index contributed by atoms with van der Waals surface area (Å²) in [7, 11) is 3.77. The maximum absolute atomic E-state index is 14.0. The van der Waals surface area contributed by atoms with Crippen molar-refractivity contribution in [3.05, 3.63) is 140 Å². The number of hydrogen-bond donors (Lipinski definition) is 0. The first-order valence-electron chi connectivity index (χ1n) is 11.6. The summed E-state index contributed by atoms with van der Waals surface area (Å²) in [5.41, 5.74) is 5.08. The first kappa shape index (κ1) is 25.1. The van der Waals surface area contributed by atoms with Gasteiger partial charge in [-0.1, -0.05) is 66.7 Å². The molecule has 3 aromatic carbocycles. The van der Waals surface area contributed by atoms with Gasteiger partial charge in [-0.15, -0.1) is 12.4 Å².